The van der Waals surface area contributed by atoms with Crippen LogP contribution in [0.1, 0.15) is 43.2 Å². The average Bonchev–Trinajstić information content (AvgIpc) is 2.50. The van der Waals surface area contributed by atoms with Gasteiger partial charge in [0.05, 0.1) is 12.7 Å². The molecule has 4 rings (SSSR count). The van der Waals surface area contributed by atoms with Crippen molar-refractivity contribution >= 4 is 0 Å². The number of hydrogen-bond acceptors (Lipinski definition) is 3. The summed E-state index contributed by atoms with van der Waals surface area (Å²) in [4.78, 5) is 2.37. The number of piperidine rings is 1. The topological polar surface area (TPSA) is 32.7 Å². The summed E-state index contributed by atoms with van der Waals surface area (Å²) in [5, 5.41) is 11.7. The lowest BCUT2D eigenvalue weighted by molar-refractivity contribution is -0.160. The van der Waals surface area contributed by atoms with Gasteiger partial charge in [0.25, 0.3) is 0 Å². The predicted molar refractivity (Wildman–Crippen MR) is 82.8 cm³/mol. The van der Waals surface area contributed by atoms with E-state index in [0.29, 0.717) is 0 Å². The van der Waals surface area contributed by atoms with Gasteiger partial charge in [0.2, 0.25) is 0 Å². The SMILES string of the molecule is COc1cccc2c1C[C@H]1N(C)CC[C@@]23CCCC[C@@]13O. The van der Waals surface area contributed by atoms with E-state index in [0.717, 1.165) is 44.4 Å². The standard InChI is InChI=1S/C18H25NO2/c1-19-11-10-17-8-3-4-9-18(17,20)16(19)12-13-14(17)6-5-7-15(13)21-2/h5-7,16,20H,3-4,8-12H2,1-2H3/t16-,17+,18-/m1/s1. The molecule has 1 heterocycles. The maximum atomic E-state index is 11.7. The number of nitrogens with zero attached hydrogens (tertiary/aromatic N) is 1. The minimum absolute atomic E-state index is 0.0510. The first-order chi connectivity index (χ1) is 10.1. The summed E-state index contributed by atoms with van der Waals surface area (Å²) in [7, 11) is 3.93. The van der Waals surface area contributed by atoms with Gasteiger partial charge in [-0.2, -0.15) is 0 Å². The molecular formula is C18H25NO2. The van der Waals surface area contributed by atoms with E-state index in [2.05, 4.69) is 30.1 Å². The second-order valence-corrected chi connectivity index (χ2v) is 7.15. The summed E-state index contributed by atoms with van der Waals surface area (Å²) in [5.74, 6) is 1.000. The second-order valence-electron chi connectivity index (χ2n) is 7.15. The Kier molecular flexibility index (Phi) is 2.89. The molecule has 3 atom stereocenters. The smallest absolute Gasteiger partial charge is 0.122 e. The van der Waals surface area contributed by atoms with Gasteiger partial charge in [-0.25, -0.2) is 0 Å². The Morgan fingerprint density at radius 1 is 1.24 bits per heavy atom. The predicted octanol–water partition coefficient (Wildman–Crippen LogP) is 2.50. The summed E-state index contributed by atoms with van der Waals surface area (Å²) in [6.45, 7) is 1.09. The number of likely N-dealkylation sites (tertiary alicyclic amines) is 1. The molecule has 1 aliphatic heterocycles. The van der Waals surface area contributed by atoms with E-state index in [1.807, 2.05) is 0 Å². The van der Waals surface area contributed by atoms with E-state index < -0.39 is 5.60 Å². The van der Waals surface area contributed by atoms with Crippen LogP contribution in [0.25, 0.3) is 0 Å². The Morgan fingerprint density at radius 3 is 2.86 bits per heavy atom. The van der Waals surface area contributed by atoms with E-state index >= 15 is 0 Å². The Balaban J connectivity index is 1.97. The van der Waals surface area contributed by atoms with Gasteiger partial charge in [0, 0.05) is 11.5 Å². The lowest BCUT2D eigenvalue weighted by Crippen LogP contribution is -2.71. The molecule has 2 bridgehead atoms. The van der Waals surface area contributed by atoms with Crippen molar-refractivity contribution in [2.45, 2.75) is 55.6 Å². The number of aliphatic hydroxyl groups is 1. The molecule has 1 aromatic rings. The van der Waals surface area contributed by atoms with Crippen molar-refractivity contribution in [3.05, 3.63) is 29.3 Å². The third-order valence-corrected chi connectivity index (χ3v) is 6.48. The summed E-state index contributed by atoms with van der Waals surface area (Å²) in [6.07, 6.45) is 6.43. The highest BCUT2D eigenvalue weighted by Gasteiger charge is 2.62. The van der Waals surface area contributed by atoms with Crippen molar-refractivity contribution in [3.63, 3.8) is 0 Å². The van der Waals surface area contributed by atoms with Gasteiger partial charge in [-0.1, -0.05) is 25.0 Å². The molecular weight excluding hydrogens is 262 g/mol. The summed E-state index contributed by atoms with van der Waals surface area (Å²) < 4.78 is 5.62. The van der Waals surface area contributed by atoms with Crippen LogP contribution in [-0.4, -0.2) is 42.4 Å². The van der Waals surface area contributed by atoms with Crippen LogP contribution >= 0.6 is 0 Å². The lowest BCUT2D eigenvalue weighted by atomic mass is 9.49. The maximum Gasteiger partial charge on any atom is 0.122 e. The van der Waals surface area contributed by atoms with E-state index in [1.54, 1.807) is 7.11 Å². The molecule has 3 nitrogen and oxygen atoms in total. The van der Waals surface area contributed by atoms with Crippen molar-refractivity contribution in [1.29, 1.82) is 0 Å². The largest absolute Gasteiger partial charge is 0.496 e. The van der Waals surface area contributed by atoms with Crippen molar-refractivity contribution in [2.75, 3.05) is 20.7 Å². The molecule has 1 N–H and O–H groups in total. The zero-order valence-electron chi connectivity index (χ0n) is 13.1. The van der Waals surface area contributed by atoms with Gasteiger partial charge in [-0.3, -0.25) is 0 Å². The van der Waals surface area contributed by atoms with Crippen molar-refractivity contribution < 1.29 is 9.84 Å². The van der Waals surface area contributed by atoms with E-state index in [-0.39, 0.29) is 11.5 Å². The fourth-order valence-electron chi connectivity index (χ4n) is 5.43. The van der Waals surface area contributed by atoms with Gasteiger partial charge < -0.3 is 14.7 Å². The molecule has 0 spiro atoms. The van der Waals surface area contributed by atoms with Crippen LogP contribution in [0.15, 0.2) is 18.2 Å². The molecule has 0 amide bonds. The Hall–Kier alpha value is -1.06. The Labute approximate surface area is 126 Å². The molecule has 1 aromatic carbocycles. The minimum Gasteiger partial charge on any atom is -0.496 e. The third kappa shape index (κ3) is 1.56. The number of methoxy groups -OCH3 is 1. The van der Waals surface area contributed by atoms with Crippen LogP contribution in [-0.2, 0) is 11.8 Å². The van der Waals surface area contributed by atoms with Crippen LogP contribution in [0.5, 0.6) is 5.75 Å². The summed E-state index contributed by atoms with van der Waals surface area (Å²) in [5.41, 5.74) is 2.10. The van der Waals surface area contributed by atoms with E-state index in [1.165, 1.54) is 17.5 Å². The highest BCUT2D eigenvalue weighted by molar-refractivity contribution is 5.51. The Bertz CT molecular complexity index is 572. The zero-order valence-corrected chi connectivity index (χ0v) is 13.1. The average molecular weight is 287 g/mol. The number of fused-ring (bicyclic) bond motifs is 1. The molecule has 3 heteroatoms. The number of benzene rings is 1. The normalized spacial score (nSPS) is 38.5. The van der Waals surface area contributed by atoms with Gasteiger partial charge in [-0.05, 0) is 56.5 Å². The van der Waals surface area contributed by atoms with Crippen LogP contribution in [0, 0.1) is 0 Å². The van der Waals surface area contributed by atoms with E-state index in [4.69, 9.17) is 4.74 Å². The van der Waals surface area contributed by atoms with E-state index in [9.17, 15) is 5.11 Å². The number of rotatable bonds is 1. The molecule has 2 aliphatic carbocycles. The molecule has 0 unspecified atom stereocenters. The van der Waals surface area contributed by atoms with Crippen molar-refractivity contribution in [1.82, 2.24) is 4.90 Å². The number of hydrogen-bond donors (Lipinski definition) is 1. The Morgan fingerprint density at radius 2 is 2.05 bits per heavy atom. The van der Waals surface area contributed by atoms with Crippen LogP contribution < -0.4 is 4.74 Å². The molecule has 114 valence electrons. The number of likely N-dealkylation sites (N-methyl/N-ethyl adjacent to an activating group) is 1. The first kappa shape index (κ1) is 13.6. The fraction of sp³-hybridized carbons (Fsp3) is 0.667. The first-order valence-corrected chi connectivity index (χ1v) is 8.21. The second kappa shape index (κ2) is 4.47. The first-order valence-electron chi connectivity index (χ1n) is 8.21. The monoisotopic (exact) mass is 287 g/mol. The molecule has 2 fully saturated rings. The quantitative estimate of drug-likeness (QED) is 0.861. The molecule has 21 heavy (non-hydrogen) atoms. The van der Waals surface area contributed by atoms with Crippen LogP contribution in [0.3, 0.4) is 0 Å². The van der Waals surface area contributed by atoms with Crippen LogP contribution in [0.4, 0.5) is 0 Å². The fourth-order valence-corrected chi connectivity index (χ4v) is 5.43. The molecule has 3 aliphatic rings. The van der Waals surface area contributed by atoms with Gasteiger partial charge in [-0.15, -0.1) is 0 Å². The minimum atomic E-state index is -0.558. The maximum absolute atomic E-state index is 11.7. The van der Waals surface area contributed by atoms with Crippen LogP contribution in [0.2, 0.25) is 0 Å². The summed E-state index contributed by atoms with van der Waals surface area (Å²) in [6, 6.07) is 6.64. The highest BCUT2D eigenvalue weighted by atomic mass is 16.5. The van der Waals surface area contributed by atoms with Crippen molar-refractivity contribution in [3.8, 4) is 5.75 Å². The lowest BCUT2D eigenvalue weighted by Gasteiger charge is -2.63. The highest BCUT2D eigenvalue weighted by Crippen LogP contribution is 2.58. The van der Waals surface area contributed by atoms with Crippen molar-refractivity contribution in [2.24, 2.45) is 0 Å². The molecule has 0 radical (unpaired) electrons. The van der Waals surface area contributed by atoms with Gasteiger partial charge >= 0.3 is 0 Å². The molecule has 1 saturated carbocycles. The zero-order chi connectivity index (χ0) is 14.7. The van der Waals surface area contributed by atoms with Gasteiger partial charge in [0.1, 0.15) is 5.75 Å². The molecule has 0 aromatic heterocycles. The molecule has 1 saturated heterocycles. The van der Waals surface area contributed by atoms with Gasteiger partial charge in [0.15, 0.2) is 0 Å². The summed E-state index contributed by atoms with van der Waals surface area (Å²) >= 11 is 0. The number of ether oxygens (including phenoxy) is 1. The third-order valence-electron chi connectivity index (χ3n) is 6.48.